The molecule has 0 saturated carbocycles. The second-order valence-corrected chi connectivity index (χ2v) is 11.0. The molecule has 0 radical (unpaired) electrons. The number of halogens is 1. The van der Waals surface area contributed by atoms with Crippen LogP contribution in [0.2, 0.25) is 5.02 Å². The van der Waals surface area contributed by atoms with Crippen molar-refractivity contribution in [2.75, 3.05) is 39.3 Å². The van der Waals surface area contributed by atoms with Gasteiger partial charge in [-0.25, -0.2) is 8.42 Å². The van der Waals surface area contributed by atoms with Gasteiger partial charge in [-0.15, -0.1) is 0 Å². The number of carbonyl (C=O) groups is 1. The third-order valence-electron chi connectivity index (χ3n) is 6.45. The van der Waals surface area contributed by atoms with Crippen molar-refractivity contribution in [3.63, 3.8) is 0 Å². The van der Waals surface area contributed by atoms with Crippen molar-refractivity contribution < 1.29 is 13.2 Å². The lowest BCUT2D eigenvalue weighted by Crippen LogP contribution is -2.51. The summed E-state index contributed by atoms with van der Waals surface area (Å²) in [5.74, 6) is 0.0459. The maximum Gasteiger partial charge on any atom is 0.243 e. The fourth-order valence-corrected chi connectivity index (χ4v) is 6.12. The summed E-state index contributed by atoms with van der Waals surface area (Å²) in [7, 11) is -1.63. The van der Waals surface area contributed by atoms with Crippen LogP contribution in [-0.4, -0.2) is 77.5 Å². The zero-order chi connectivity index (χ0) is 22.9. The van der Waals surface area contributed by atoms with Crippen molar-refractivity contribution in [1.29, 1.82) is 0 Å². The van der Waals surface area contributed by atoms with E-state index in [1.807, 2.05) is 23.6 Å². The highest BCUT2D eigenvalue weighted by Gasteiger charge is 2.34. The lowest BCUT2D eigenvalue weighted by atomic mass is 9.96. The largest absolute Gasteiger partial charge is 0.340 e. The van der Waals surface area contributed by atoms with Gasteiger partial charge in [-0.05, 0) is 44.0 Å². The maximum atomic E-state index is 13.1. The molecule has 2 saturated heterocycles. The third kappa shape index (κ3) is 5.01. The van der Waals surface area contributed by atoms with E-state index in [1.54, 1.807) is 12.1 Å². The van der Waals surface area contributed by atoms with Crippen molar-refractivity contribution in [1.82, 2.24) is 23.9 Å². The number of hydrogen-bond acceptors (Lipinski definition) is 5. The molecule has 1 amide bonds. The fourth-order valence-electron chi connectivity index (χ4n) is 4.53. The number of sulfonamides is 1. The minimum atomic E-state index is -3.56. The quantitative estimate of drug-likeness (QED) is 0.656. The van der Waals surface area contributed by atoms with Crippen LogP contribution in [0.15, 0.2) is 35.4 Å². The van der Waals surface area contributed by atoms with Crippen LogP contribution in [0.25, 0.3) is 0 Å². The van der Waals surface area contributed by atoms with Gasteiger partial charge >= 0.3 is 0 Å². The van der Waals surface area contributed by atoms with Gasteiger partial charge in [-0.3, -0.25) is 14.4 Å². The van der Waals surface area contributed by atoms with Gasteiger partial charge < -0.3 is 4.90 Å². The second-order valence-electron chi connectivity index (χ2n) is 8.65. The number of carbonyl (C=O) groups excluding carboxylic acids is 1. The van der Waals surface area contributed by atoms with Crippen molar-refractivity contribution in [2.45, 2.75) is 31.2 Å². The van der Waals surface area contributed by atoms with Gasteiger partial charge in [0.25, 0.3) is 0 Å². The maximum absolute atomic E-state index is 13.1. The molecule has 2 aliphatic rings. The molecule has 174 valence electrons. The Morgan fingerprint density at radius 2 is 1.69 bits per heavy atom. The van der Waals surface area contributed by atoms with Crippen LogP contribution >= 0.6 is 11.6 Å². The highest BCUT2D eigenvalue weighted by molar-refractivity contribution is 7.89. The molecule has 2 aromatic rings. The summed E-state index contributed by atoms with van der Waals surface area (Å²) in [6.07, 6.45) is 3.17. The smallest absolute Gasteiger partial charge is 0.243 e. The number of nitrogens with zero attached hydrogens (tertiary/aromatic N) is 5. The normalized spacial score (nSPS) is 19.4. The van der Waals surface area contributed by atoms with E-state index in [1.165, 1.54) is 22.0 Å². The Morgan fingerprint density at radius 3 is 2.25 bits per heavy atom. The molecule has 0 aliphatic carbocycles. The van der Waals surface area contributed by atoms with E-state index in [0.717, 1.165) is 25.3 Å². The van der Waals surface area contributed by atoms with Crippen molar-refractivity contribution in [2.24, 2.45) is 13.0 Å². The van der Waals surface area contributed by atoms with Crippen LogP contribution in [-0.2, 0) is 28.4 Å². The fraction of sp³-hybridized carbons (Fsp3) is 0.545. The van der Waals surface area contributed by atoms with Gasteiger partial charge in [0, 0.05) is 75.6 Å². The summed E-state index contributed by atoms with van der Waals surface area (Å²) in [6, 6.07) is 6.22. The van der Waals surface area contributed by atoms with E-state index in [0.29, 0.717) is 44.0 Å². The lowest BCUT2D eigenvalue weighted by molar-refractivity contribution is -0.138. The summed E-state index contributed by atoms with van der Waals surface area (Å²) in [4.78, 5) is 17.6. The van der Waals surface area contributed by atoms with E-state index in [2.05, 4.69) is 16.2 Å². The summed E-state index contributed by atoms with van der Waals surface area (Å²) in [6.45, 7) is 6.69. The first-order valence-electron chi connectivity index (χ1n) is 11.0. The number of hydrogen-bond donors (Lipinski definition) is 0. The minimum Gasteiger partial charge on any atom is -0.340 e. The van der Waals surface area contributed by atoms with Gasteiger partial charge in [-0.1, -0.05) is 11.6 Å². The van der Waals surface area contributed by atoms with Gasteiger partial charge in [0.15, 0.2) is 0 Å². The molecular weight excluding hydrogens is 450 g/mol. The topological polar surface area (TPSA) is 78.8 Å². The standard InChI is InChI=1S/C22H30ClN5O3S/c1-17-19(15-25(2)24-17)16-26-11-13-27(14-12-26)22(29)18-7-9-28(10-8-18)32(30,31)21-5-3-20(23)4-6-21/h3-6,15,18H,7-14,16H2,1-2H3. The Kier molecular flexibility index (Phi) is 6.90. The van der Waals surface area contributed by atoms with E-state index in [-0.39, 0.29) is 16.7 Å². The number of benzene rings is 1. The zero-order valence-electron chi connectivity index (χ0n) is 18.6. The van der Waals surface area contributed by atoms with E-state index in [9.17, 15) is 13.2 Å². The van der Waals surface area contributed by atoms with E-state index in [4.69, 9.17) is 11.6 Å². The molecule has 3 heterocycles. The molecule has 0 spiro atoms. The molecule has 2 aliphatic heterocycles. The van der Waals surface area contributed by atoms with Gasteiger partial charge in [0.1, 0.15) is 0 Å². The Balaban J connectivity index is 1.27. The van der Waals surface area contributed by atoms with Gasteiger partial charge in [0.05, 0.1) is 10.6 Å². The summed E-state index contributed by atoms with van der Waals surface area (Å²) in [5, 5.41) is 4.90. The van der Waals surface area contributed by atoms with Gasteiger partial charge in [-0.2, -0.15) is 9.40 Å². The van der Waals surface area contributed by atoms with Crippen LogP contribution in [0.4, 0.5) is 0 Å². The number of aromatic nitrogens is 2. The van der Waals surface area contributed by atoms with E-state index >= 15 is 0 Å². The lowest BCUT2D eigenvalue weighted by Gasteiger charge is -2.38. The number of rotatable bonds is 5. The first-order valence-corrected chi connectivity index (χ1v) is 12.8. The summed E-state index contributed by atoms with van der Waals surface area (Å²) in [5.41, 5.74) is 2.27. The number of piperidine rings is 1. The number of aryl methyl sites for hydroxylation is 2. The van der Waals surface area contributed by atoms with Crippen molar-refractivity contribution in [3.8, 4) is 0 Å². The molecule has 1 aromatic heterocycles. The summed E-state index contributed by atoms with van der Waals surface area (Å²) >= 11 is 5.88. The molecule has 8 nitrogen and oxygen atoms in total. The first-order chi connectivity index (χ1) is 15.2. The van der Waals surface area contributed by atoms with Crippen LogP contribution in [0.3, 0.4) is 0 Å². The SMILES string of the molecule is Cc1nn(C)cc1CN1CCN(C(=O)C2CCN(S(=O)(=O)c3ccc(Cl)cc3)CC2)CC1. The van der Waals surface area contributed by atoms with E-state index < -0.39 is 10.0 Å². The zero-order valence-corrected chi connectivity index (χ0v) is 20.1. The van der Waals surface area contributed by atoms with Crippen molar-refractivity contribution >= 4 is 27.5 Å². The molecule has 10 heteroatoms. The monoisotopic (exact) mass is 479 g/mol. The molecular formula is C22H30ClN5O3S. The molecule has 0 unspecified atom stereocenters. The summed E-state index contributed by atoms with van der Waals surface area (Å²) < 4.78 is 29.0. The first kappa shape index (κ1) is 23.2. The van der Waals surface area contributed by atoms with Crippen LogP contribution in [0, 0.1) is 12.8 Å². The number of amides is 1. The molecule has 0 N–H and O–H groups in total. The Bertz CT molecular complexity index is 1050. The molecule has 4 rings (SSSR count). The van der Waals surface area contributed by atoms with Crippen LogP contribution < -0.4 is 0 Å². The molecule has 2 fully saturated rings. The van der Waals surface area contributed by atoms with Crippen LogP contribution in [0.5, 0.6) is 0 Å². The Labute approximate surface area is 194 Å². The molecule has 1 aromatic carbocycles. The second kappa shape index (κ2) is 9.51. The number of piperazine rings is 1. The Morgan fingerprint density at radius 1 is 1.06 bits per heavy atom. The van der Waals surface area contributed by atoms with Gasteiger partial charge in [0.2, 0.25) is 15.9 Å². The Hall–Kier alpha value is -1.94. The molecule has 32 heavy (non-hydrogen) atoms. The highest BCUT2D eigenvalue weighted by atomic mass is 35.5. The average Bonchev–Trinajstić information content (AvgIpc) is 3.10. The molecule has 0 atom stereocenters. The highest BCUT2D eigenvalue weighted by Crippen LogP contribution is 2.26. The molecule has 0 bridgehead atoms. The average molecular weight is 480 g/mol. The minimum absolute atomic E-state index is 0.112. The van der Waals surface area contributed by atoms with Crippen molar-refractivity contribution in [3.05, 3.63) is 46.7 Å². The third-order valence-corrected chi connectivity index (χ3v) is 8.61. The predicted octanol–water partition coefficient (Wildman–Crippen LogP) is 2.13. The predicted molar refractivity (Wildman–Crippen MR) is 123 cm³/mol. The van der Waals surface area contributed by atoms with Crippen LogP contribution in [0.1, 0.15) is 24.1 Å².